The number of hydrogen-bond donors (Lipinski definition) is 1. The molecule has 0 spiro atoms. The first kappa shape index (κ1) is 18.4. The first-order valence-corrected chi connectivity index (χ1v) is 7.90. The lowest BCUT2D eigenvalue weighted by Crippen LogP contribution is -2.30. The van der Waals surface area contributed by atoms with E-state index in [0.717, 1.165) is 17.7 Å². The fourth-order valence-corrected chi connectivity index (χ4v) is 2.24. The topological polar surface area (TPSA) is 66.0 Å². The average Bonchev–Trinajstić information content (AvgIpc) is 2.66. The molecule has 0 aromatic heterocycles. The van der Waals surface area contributed by atoms with Gasteiger partial charge in [0.15, 0.2) is 6.61 Å². The number of nitrogens with one attached hydrogen (secondary N) is 1. The smallest absolute Gasteiger partial charge is 0.257 e. The number of benzene rings is 2. The van der Waals surface area contributed by atoms with Crippen LogP contribution in [0.3, 0.4) is 0 Å². The Morgan fingerprint density at radius 2 is 1.52 bits per heavy atom. The highest BCUT2D eigenvalue weighted by Crippen LogP contribution is 2.27. The third kappa shape index (κ3) is 5.91. The highest BCUT2D eigenvalue weighted by molar-refractivity contribution is 5.77. The van der Waals surface area contributed by atoms with Gasteiger partial charge in [-0.3, -0.25) is 4.79 Å². The first-order valence-electron chi connectivity index (χ1n) is 7.90. The Morgan fingerprint density at radius 1 is 0.880 bits per heavy atom. The summed E-state index contributed by atoms with van der Waals surface area (Å²) in [5.74, 6) is 2.34. The molecule has 0 saturated carbocycles. The Bertz CT molecular complexity index is 680. The van der Waals surface area contributed by atoms with Gasteiger partial charge in [0.25, 0.3) is 5.91 Å². The molecule has 0 aliphatic carbocycles. The summed E-state index contributed by atoms with van der Waals surface area (Å²) in [7, 11) is 4.75. The molecular weight excluding hydrogens is 322 g/mol. The van der Waals surface area contributed by atoms with Crippen LogP contribution < -0.4 is 24.3 Å². The maximum Gasteiger partial charge on any atom is 0.257 e. The number of ether oxygens (including phenoxy) is 4. The van der Waals surface area contributed by atoms with Crippen molar-refractivity contribution in [2.24, 2.45) is 0 Å². The summed E-state index contributed by atoms with van der Waals surface area (Å²) in [6.45, 7) is 0.450. The molecule has 25 heavy (non-hydrogen) atoms. The van der Waals surface area contributed by atoms with Crippen molar-refractivity contribution in [1.82, 2.24) is 5.32 Å². The lowest BCUT2D eigenvalue weighted by Gasteiger charge is -2.10. The highest BCUT2D eigenvalue weighted by Gasteiger charge is 2.06. The van der Waals surface area contributed by atoms with Crippen LogP contribution in [0.25, 0.3) is 0 Å². The van der Waals surface area contributed by atoms with Crippen LogP contribution in [0.2, 0.25) is 0 Å². The molecule has 1 N–H and O–H groups in total. The molecule has 0 atom stereocenters. The molecule has 0 aliphatic heterocycles. The van der Waals surface area contributed by atoms with Gasteiger partial charge in [0.2, 0.25) is 0 Å². The Labute approximate surface area is 147 Å². The monoisotopic (exact) mass is 345 g/mol. The Balaban J connectivity index is 1.78. The van der Waals surface area contributed by atoms with Gasteiger partial charge in [-0.25, -0.2) is 0 Å². The van der Waals surface area contributed by atoms with Crippen LogP contribution in [0.15, 0.2) is 42.5 Å². The molecule has 2 aromatic carbocycles. The van der Waals surface area contributed by atoms with E-state index < -0.39 is 0 Å². The minimum atomic E-state index is -0.190. The zero-order chi connectivity index (χ0) is 18.1. The SMILES string of the molecule is COc1cccc(CCNC(=O)COc2cc(OC)cc(OC)c2)c1. The van der Waals surface area contributed by atoms with E-state index in [4.69, 9.17) is 18.9 Å². The number of methoxy groups -OCH3 is 3. The zero-order valence-corrected chi connectivity index (χ0v) is 14.7. The molecule has 6 nitrogen and oxygen atoms in total. The van der Waals surface area contributed by atoms with E-state index in [1.807, 2.05) is 24.3 Å². The molecule has 0 radical (unpaired) electrons. The van der Waals surface area contributed by atoms with Crippen LogP contribution in [0.4, 0.5) is 0 Å². The lowest BCUT2D eigenvalue weighted by molar-refractivity contribution is -0.123. The van der Waals surface area contributed by atoms with Crippen molar-refractivity contribution in [2.75, 3.05) is 34.5 Å². The average molecular weight is 345 g/mol. The molecule has 0 bridgehead atoms. The molecule has 2 rings (SSSR count). The lowest BCUT2D eigenvalue weighted by atomic mass is 10.1. The van der Waals surface area contributed by atoms with Crippen LogP contribution in [-0.2, 0) is 11.2 Å². The van der Waals surface area contributed by atoms with Crippen molar-refractivity contribution in [3.63, 3.8) is 0 Å². The number of carbonyl (C=O) groups is 1. The van der Waals surface area contributed by atoms with Gasteiger partial charge in [-0.2, -0.15) is 0 Å². The van der Waals surface area contributed by atoms with Gasteiger partial charge >= 0.3 is 0 Å². The number of amides is 1. The summed E-state index contributed by atoms with van der Waals surface area (Å²) in [6, 6.07) is 12.9. The highest BCUT2D eigenvalue weighted by atomic mass is 16.5. The van der Waals surface area contributed by atoms with E-state index in [-0.39, 0.29) is 12.5 Å². The van der Waals surface area contributed by atoms with Crippen LogP contribution >= 0.6 is 0 Å². The summed E-state index contributed by atoms with van der Waals surface area (Å²) < 4.78 is 21.0. The molecular formula is C19H23NO5. The fourth-order valence-electron chi connectivity index (χ4n) is 2.24. The third-order valence-corrected chi connectivity index (χ3v) is 3.56. The number of rotatable bonds is 9. The summed E-state index contributed by atoms with van der Waals surface area (Å²) >= 11 is 0. The molecule has 0 heterocycles. The molecule has 0 unspecified atom stereocenters. The van der Waals surface area contributed by atoms with Crippen LogP contribution in [0.5, 0.6) is 23.0 Å². The second kappa shape index (κ2) is 9.42. The maximum atomic E-state index is 11.9. The largest absolute Gasteiger partial charge is 0.497 e. The molecule has 6 heteroatoms. The maximum absolute atomic E-state index is 11.9. The van der Waals surface area contributed by atoms with E-state index in [0.29, 0.717) is 23.8 Å². The van der Waals surface area contributed by atoms with Gasteiger partial charge in [-0.15, -0.1) is 0 Å². The summed E-state index contributed by atoms with van der Waals surface area (Å²) in [5, 5.41) is 2.83. The van der Waals surface area contributed by atoms with Gasteiger partial charge in [0.05, 0.1) is 21.3 Å². The van der Waals surface area contributed by atoms with Gasteiger partial charge < -0.3 is 24.3 Å². The Kier molecular flexibility index (Phi) is 6.95. The summed E-state index contributed by atoms with van der Waals surface area (Å²) in [6.07, 6.45) is 0.718. The fraction of sp³-hybridized carbons (Fsp3) is 0.316. The Hall–Kier alpha value is -2.89. The summed E-state index contributed by atoms with van der Waals surface area (Å²) in [5.41, 5.74) is 1.10. The minimum absolute atomic E-state index is 0.0750. The second-order valence-electron chi connectivity index (χ2n) is 5.29. The molecule has 2 aromatic rings. The molecule has 0 aliphatic rings. The summed E-state index contributed by atoms with van der Waals surface area (Å²) in [4.78, 5) is 11.9. The van der Waals surface area contributed by atoms with Crippen LogP contribution in [0.1, 0.15) is 5.56 Å². The van der Waals surface area contributed by atoms with Crippen LogP contribution in [-0.4, -0.2) is 40.4 Å². The molecule has 134 valence electrons. The normalized spacial score (nSPS) is 10.0. The van der Waals surface area contributed by atoms with Gasteiger partial charge in [0, 0.05) is 24.7 Å². The van der Waals surface area contributed by atoms with Gasteiger partial charge in [-0.1, -0.05) is 12.1 Å². The standard InChI is InChI=1S/C19H23NO5/c1-22-15-6-4-5-14(9-15)7-8-20-19(21)13-25-18-11-16(23-2)10-17(12-18)24-3/h4-6,9-12H,7-8,13H2,1-3H3,(H,20,21). The van der Waals surface area contributed by atoms with Crippen molar-refractivity contribution in [2.45, 2.75) is 6.42 Å². The second-order valence-corrected chi connectivity index (χ2v) is 5.29. The predicted molar refractivity (Wildman–Crippen MR) is 94.7 cm³/mol. The van der Waals surface area contributed by atoms with Crippen molar-refractivity contribution in [3.8, 4) is 23.0 Å². The van der Waals surface area contributed by atoms with Crippen LogP contribution in [0, 0.1) is 0 Å². The predicted octanol–water partition coefficient (Wildman–Crippen LogP) is 2.45. The quantitative estimate of drug-likeness (QED) is 0.756. The van der Waals surface area contributed by atoms with E-state index >= 15 is 0 Å². The van der Waals surface area contributed by atoms with Gasteiger partial charge in [0.1, 0.15) is 23.0 Å². The molecule has 0 fully saturated rings. The number of hydrogen-bond acceptors (Lipinski definition) is 5. The number of carbonyl (C=O) groups excluding carboxylic acids is 1. The van der Waals surface area contributed by atoms with E-state index in [1.54, 1.807) is 39.5 Å². The van der Waals surface area contributed by atoms with Crippen molar-refractivity contribution >= 4 is 5.91 Å². The zero-order valence-electron chi connectivity index (χ0n) is 14.7. The Morgan fingerprint density at radius 3 is 2.16 bits per heavy atom. The third-order valence-electron chi connectivity index (χ3n) is 3.56. The van der Waals surface area contributed by atoms with E-state index in [2.05, 4.69) is 5.32 Å². The van der Waals surface area contributed by atoms with Gasteiger partial charge in [-0.05, 0) is 24.1 Å². The van der Waals surface area contributed by atoms with E-state index in [9.17, 15) is 4.79 Å². The molecule has 0 saturated heterocycles. The van der Waals surface area contributed by atoms with Crippen molar-refractivity contribution < 1.29 is 23.7 Å². The van der Waals surface area contributed by atoms with E-state index in [1.165, 1.54) is 0 Å². The first-order chi connectivity index (χ1) is 12.1. The van der Waals surface area contributed by atoms with Crippen molar-refractivity contribution in [1.29, 1.82) is 0 Å². The molecule has 1 amide bonds. The van der Waals surface area contributed by atoms with Crippen molar-refractivity contribution in [3.05, 3.63) is 48.0 Å². The minimum Gasteiger partial charge on any atom is -0.497 e.